The average molecular weight is 283 g/mol. The van der Waals surface area contributed by atoms with Gasteiger partial charge >= 0.3 is 0 Å². The highest BCUT2D eigenvalue weighted by atomic mass is 19.2. The van der Waals surface area contributed by atoms with Crippen LogP contribution < -0.4 is 5.32 Å². The van der Waals surface area contributed by atoms with E-state index in [-0.39, 0.29) is 17.7 Å². The highest BCUT2D eigenvalue weighted by Crippen LogP contribution is 2.19. The molecule has 0 saturated heterocycles. The van der Waals surface area contributed by atoms with Crippen LogP contribution in [0.5, 0.6) is 0 Å². The van der Waals surface area contributed by atoms with Crippen molar-refractivity contribution in [3.8, 4) is 0 Å². The molecule has 1 nitrogen and oxygen atoms in total. The van der Waals surface area contributed by atoms with Gasteiger partial charge in [0.25, 0.3) is 0 Å². The van der Waals surface area contributed by atoms with Crippen molar-refractivity contribution in [1.29, 1.82) is 0 Å². The zero-order valence-corrected chi connectivity index (χ0v) is 10.8. The monoisotopic (exact) mass is 283 g/mol. The maximum atomic E-state index is 13.6. The van der Waals surface area contributed by atoms with Gasteiger partial charge in [-0.1, -0.05) is 18.2 Å². The summed E-state index contributed by atoms with van der Waals surface area (Å²) in [6.07, 6.45) is 0. The van der Waals surface area contributed by atoms with Crippen LogP contribution in [0.3, 0.4) is 0 Å². The van der Waals surface area contributed by atoms with Crippen molar-refractivity contribution in [2.24, 2.45) is 0 Å². The number of benzene rings is 2. The summed E-state index contributed by atoms with van der Waals surface area (Å²) < 4.78 is 52.8. The molecule has 1 unspecified atom stereocenters. The standard InChI is InChI=1S/C15H13F4N/c1-9(12-6-5-11(16)7-14(12)18)20-8-10-3-2-4-13(17)15(10)19/h2-7,9,20H,8H2,1H3. The lowest BCUT2D eigenvalue weighted by Crippen LogP contribution is -2.20. The molecule has 2 rings (SSSR count). The molecule has 106 valence electrons. The Bertz CT molecular complexity index is 613. The lowest BCUT2D eigenvalue weighted by Gasteiger charge is -2.15. The van der Waals surface area contributed by atoms with Gasteiger partial charge < -0.3 is 5.32 Å². The highest BCUT2D eigenvalue weighted by molar-refractivity contribution is 5.23. The van der Waals surface area contributed by atoms with Crippen LogP contribution >= 0.6 is 0 Å². The van der Waals surface area contributed by atoms with Gasteiger partial charge in [0.2, 0.25) is 0 Å². The quantitative estimate of drug-likeness (QED) is 0.833. The molecule has 0 aliphatic heterocycles. The zero-order valence-electron chi connectivity index (χ0n) is 10.8. The third-order valence-corrected chi connectivity index (χ3v) is 3.06. The molecule has 5 heteroatoms. The molecule has 0 heterocycles. The molecule has 1 N–H and O–H groups in total. The SMILES string of the molecule is CC(NCc1cccc(F)c1F)c1ccc(F)cc1F. The summed E-state index contributed by atoms with van der Waals surface area (Å²) in [5, 5.41) is 2.87. The molecule has 2 aromatic rings. The van der Waals surface area contributed by atoms with Gasteiger partial charge in [-0.15, -0.1) is 0 Å². The maximum Gasteiger partial charge on any atom is 0.163 e. The molecular weight excluding hydrogens is 270 g/mol. The zero-order chi connectivity index (χ0) is 14.7. The van der Waals surface area contributed by atoms with Crippen molar-refractivity contribution in [2.75, 3.05) is 0 Å². The molecule has 0 amide bonds. The second-order valence-corrected chi connectivity index (χ2v) is 4.48. The fraction of sp³-hybridized carbons (Fsp3) is 0.200. The third-order valence-electron chi connectivity index (χ3n) is 3.06. The summed E-state index contributed by atoms with van der Waals surface area (Å²) in [6.45, 7) is 1.70. The molecule has 0 radical (unpaired) electrons. The van der Waals surface area contributed by atoms with Crippen molar-refractivity contribution < 1.29 is 17.6 Å². The van der Waals surface area contributed by atoms with Crippen LogP contribution in [0.4, 0.5) is 17.6 Å². The van der Waals surface area contributed by atoms with Gasteiger partial charge in [0.1, 0.15) is 11.6 Å². The van der Waals surface area contributed by atoms with Gasteiger partial charge in [-0.2, -0.15) is 0 Å². The van der Waals surface area contributed by atoms with Crippen LogP contribution in [0.25, 0.3) is 0 Å². The molecule has 0 saturated carbocycles. The van der Waals surface area contributed by atoms with E-state index >= 15 is 0 Å². The second-order valence-electron chi connectivity index (χ2n) is 4.48. The minimum atomic E-state index is -0.926. The van der Waals surface area contributed by atoms with Crippen molar-refractivity contribution in [2.45, 2.75) is 19.5 Å². The van der Waals surface area contributed by atoms with E-state index in [4.69, 9.17) is 0 Å². The first-order chi connectivity index (χ1) is 9.49. The van der Waals surface area contributed by atoms with Crippen LogP contribution in [-0.2, 0) is 6.54 Å². The fourth-order valence-corrected chi connectivity index (χ4v) is 1.91. The first-order valence-corrected chi connectivity index (χ1v) is 6.10. The summed E-state index contributed by atoms with van der Waals surface area (Å²) in [7, 11) is 0. The molecule has 2 aromatic carbocycles. The van der Waals surface area contributed by atoms with Gasteiger partial charge in [-0.05, 0) is 19.1 Å². The second kappa shape index (κ2) is 6.05. The predicted octanol–water partition coefficient (Wildman–Crippen LogP) is 4.09. The molecule has 0 spiro atoms. The van der Waals surface area contributed by atoms with Gasteiger partial charge in [0.05, 0.1) is 0 Å². The third kappa shape index (κ3) is 3.17. The summed E-state index contributed by atoms with van der Waals surface area (Å²) in [5.74, 6) is -3.18. The smallest absolute Gasteiger partial charge is 0.163 e. The van der Waals surface area contributed by atoms with E-state index in [2.05, 4.69) is 5.32 Å². The molecule has 0 aromatic heterocycles. The van der Waals surface area contributed by atoms with E-state index < -0.39 is 29.3 Å². The summed E-state index contributed by atoms with van der Waals surface area (Å²) in [5.41, 5.74) is 0.419. The Morgan fingerprint density at radius 3 is 2.45 bits per heavy atom. The van der Waals surface area contributed by atoms with Crippen LogP contribution in [0, 0.1) is 23.3 Å². The normalized spacial score (nSPS) is 12.4. The topological polar surface area (TPSA) is 12.0 Å². The minimum Gasteiger partial charge on any atom is -0.306 e. The number of hydrogen-bond acceptors (Lipinski definition) is 1. The molecule has 0 fully saturated rings. The van der Waals surface area contributed by atoms with Gasteiger partial charge in [-0.3, -0.25) is 0 Å². The molecule has 20 heavy (non-hydrogen) atoms. The van der Waals surface area contributed by atoms with Crippen LogP contribution in [0.15, 0.2) is 36.4 Å². The Balaban J connectivity index is 2.08. The maximum absolute atomic E-state index is 13.6. The van der Waals surface area contributed by atoms with E-state index in [1.54, 1.807) is 6.92 Å². The number of nitrogens with one attached hydrogen (secondary N) is 1. The Kier molecular flexibility index (Phi) is 4.39. The first-order valence-electron chi connectivity index (χ1n) is 6.10. The van der Waals surface area contributed by atoms with Gasteiger partial charge in [0.15, 0.2) is 11.6 Å². The number of hydrogen-bond donors (Lipinski definition) is 1. The molecular formula is C15H13F4N. The Hall–Kier alpha value is -1.88. The predicted molar refractivity (Wildman–Crippen MR) is 68.0 cm³/mol. The van der Waals surface area contributed by atoms with E-state index in [0.29, 0.717) is 0 Å². The summed E-state index contributed by atoms with van der Waals surface area (Å²) >= 11 is 0. The Morgan fingerprint density at radius 2 is 1.75 bits per heavy atom. The molecule has 0 aliphatic carbocycles. The fourth-order valence-electron chi connectivity index (χ4n) is 1.91. The summed E-state index contributed by atoms with van der Waals surface area (Å²) in [6, 6.07) is 6.68. The van der Waals surface area contributed by atoms with Crippen LogP contribution in [0.1, 0.15) is 24.1 Å². The molecule has 0 bridgehead atoms. The highest BCUT2D eigenvalue weighted by Gasteiger charge is 2.13. The number of halogens is 4. The summed E-state index contributed by atoms with van der Waals surface area (Å²) in [4.78, 5) is 0. The van der Waals surface area contributed by atoms with Crippen molar-refractivity contribution in [3.63, 3.8) is 0 Å². The van der Waals surface area contributed by atoms with Gasteiger partial charge in [-0.25, -0.2) is 17.6 Å². The van der Waals surface area contributed by atoms with E-state index in [1.807, 2.05) is 0 Å². The van der Waals surface area contributed by atoms with Crippen LogP contribution in [0.2, 0.25) is 0 Å². The Morgan fingerprint density at radius 1 is 1.00 bits per heavy atom. The van der Waals surface area contributed by atoms with E-state index in [9.17, 15) is 17.6 Å². The minimum absolute atomic E-state index is 0.0432. The average Bonchev–Trinajstić information content (AvgIpc) is 2.40. The van der Waals surface area contributed by atoms with Gasteiger partial charge in [0, 0.05) is 29.8 Å². The molecule has 0 aliphatic rings. The van der Waals surface area contributed by atoms with Crippen molar-refractivity contribution in [1.82, 2.24) is 5.32 Å². The number of rotatable bonds is 4. The van der Waals surface area contributed by atoms with Crippen molar-refractivity contribution in [3.05, 3.63) is 70.8 Å². The van der Waals surface area contributed by atoms with Crippen LogP contribution in [-0.4, -0.2) is 0 Å². The van der Waals surface area contributed by atoms with E-state index in [0.717, 1.165) is 18.2 Å². The largest absolute Gasteiger partial charge is 0.306 e. The lowest BCUT2D eigenvalue weighted by molar-refractivity contribution is 0.478. The first kappa shape index (κ1) is 14.5. The molecule has 1 atom stereocenters. The lowest BCUT2D eigenvalue weighted by atomic mass is 10.1. The van der Waals surface area contributed by atoms with E-state index in [1.165, 1.54) is 18.2 Å². The Labute approximate surface area is 114 Å². The van der Waals surface area contributed by atoms with Crippen molar-refractivity contribution >= 4 is 0 Å².